The topological polar surface area (TPSA) is 29.5 Å². The molecule has 0 atom stereocenters. The van der Waals surface area contributed by atoms with Crippen molar-refractivity contribution >= 4 is 0 Å². The third kappa shape index (κ3) is 4.04. The molecule has 0 spiro atoms. The normalized spacial score (nSPS) is 12.8. The summed E-state index contributed by atoms with van der Waals surface area (Å²) < 4.78 is 5.76. The van der Waals surface area contributed by atoms with Crippen LogP contribution >= 0.6 is 0 Å². The van der Waals surface area contributed by atoms with Gasteiger partial charge in [-0.25, -0.2) is 0 Å². The van der Waals surface area contributed by atoms with Crippen molar-refractivity contribution in [2.75, 3.05) is 6.61 Å². The minimum absolute atomic E-state index is 0.0341. The van der Waals surface area contributed by atoms with Crippen LogP contribution in [0.5, 0.6) is 5.75 Å². The molecular weight excluding hydrogens is 212 g/mol. The van der Waals surface area contributed by atoms with Gasteiger partial charge < -0.3 is 9.84 Å². The number of phenols is 1. The van der Waals surface area contributed by atoms with Gasteiger partial charge in [-0.05, 0) is 50.3 Å². The Morgan fingerprint density at radius 2 is 1.59 bits per heavy atom. The Kier molecular flexibility index (Phi) is 4.21. The van der Waals surface area contributed by atoms with Crippen LogP contribution in [0, 0.1) is 0 Å². The largest absolute Gasteiger partial charge is 0.508 e. The van der Waals surface area contributed by atoms with Crippen LogP contribution < -0.4 is 0 Å². The molecule has 17 heavy (non-hydrogen) atoms. The van der Waals surface area contributed by atoms with Gasteiger partial charge in [0.05, 0.1) is 5.60 Å². The van der Waals surface area contributed by atoms with E-state index in [1.807, 2.05) is 19.1 Å². The quantitative estimate of drug-likeness (QED) is 0.840. The molecule has 0 fully saturated rings. The average molecular weight is 236 g/mol. The molecular formula is C15H24O2. The predicted molar refractivity (Wildman–Crippen MR) is 71.5 cm³/mol. The van der Waals surface area contributed by atoms with Crippen LogP contribution in [-0.4, -0.2) is 17.3 Å². The SMILES string of the molecule is CCOC(C)(C)CC(C)(C)c1ccc(O)cc1. The summed E-state index contributed by atoms with van der Waals surface area (Å²) in [5.74, 6) is 0.314. The maximum Gasteiger partial charge on any atom is 0.115 e. The Balaban J connectivity index is 2.84. The predicted octanol–water partition coefficient (Wildman–Crippen LogP) is 3.88. The molecule has 0 aliphatic heterocycles. The van der Waals surface area contributed by atoms with E-state index in [1.54, 1.807) is 12.1 Å². The van der Waals surface area contributed by atoms with Gasteiger partial charge >= 0.3 is 0 Å². The molecule has 0 aromatic heterocycles. The van der Waals surface area contributed by atoms with Crippen molar-refractivity contribution in [3.63, 3.8) is 0 Å². The minimum Gasteiger partial charge on any atom is -0.508 e. The highest BCUT2D eigenvalue weighted by atomic mass is 16.5. The molecule has 2 nitrogen and oxygen atoms in total. The third-order valence-electron chi connectivity index (χ3n) is 3.05. The van der Waals surface area contributed by atoms with Gasteiger partial charge in [-0.3, -0.25) is 0 Å². The fourth-order valence-corrected chi connectivity index (χ4v) is 2.52. The third-order valence-corrected chi connectivity index (χ3v) is 3.05. The second kappa shape index (κ2) is 5.09. The highest BCUT2D eigenvalue weighted by Crippen LogP contribution is 2.34. The summed E-state index contributed by atoms with van der Waals surface area (Å²) in [5, 5.41) is 9.31. The molecule has 0 amide bonds. The molecule has 1 N–H and O–H groups in total. The van der Waals surface area contributed by atoms with Gasteiger partial charge in [-0.2, -0.15) is 0 Å². The Hall–Kier alpha value is -1.02. The molecule has 0 aliphatic carbocycles. The highest BCUT2D eigenvalue weighted by molar-refractivity contribution is 5.30. The molecule has 0 bridgehead atoms. The summed E-state index contributed by atoms with van der Waals surface area (Å²) in [6.07, 6.45) is 0.943. The van der Waals surface area contributed by atoms with Gasteiger partial charge in [0.25, 0.3) is 0 Å². The van der Waals surface area contributed by atoms with E-state index in [0.29, 0.717) is 5.75 Å². The zero-order valence-corrected chi connectivity index (χ0v) is 11.6. The Morgan fingerprint density at radius 1 is 1.06 bits per heavy atom. The molecule has 1 aromatic carbocycles. The number of hydrogen-bond acceptors (Lipinski definition) is 2. The second-order valence-corrected chi connectivity index (χ2v) is 5.80. The first kappa shape index (κ1) is 14.0. The smallest absolute Gasteiger partial charge is 0.115 e. The van der Waals surface area contributed by atoms with Crippen molar-refractivity contribution < 1.29 is 9.84 Å². The molecule has 0 heterocycles. The minimum atomic E-state index is -0.129. The Morgan fingerprint density at radius 3 is 2.06 bits per heavy atom. The molecule has 0 aliphatic rings. The van der Waals surface area contributed by atoms with E-state index in [4.69, 9.17) is 4.74 Å². The van der Waals surface area contributed by atoms with Gasteiger partial charge in [-0.1, -0.05) is 26.0 Å². The van der Waals surface area contributed by atoms with Crippen LogP contribution in [0.1, 0.15) is 46.6 Å². The summed E-state index contributed by atoms with van der Waals surface area (Å²) in [7, 11) is 0. The molecule has 96 valence electrons. The first-order valence-electron chi connectivity index (χ1n) is 6.20. The van der Waals surface area contributed by atoms with Gasteiger partial charge in [0.1, 0.15) is 5.75 Å². The van der Waals surface area contributed by atoms with E-state index in [0.717, 1.165) is 13.0 Å². The first-order valence-corrected chi connectivity index (χ1v) is 6.20. The van der Waals surface area contributed by atoms with Crippen molar-refractivity contribution in [2.45, 2.75) is 52.1 Å². The van der Waals surface area contributed by atoms with E-state index < -0.39 is 0 Å². The summed E-state index contributed by atoms with van der Waals surface area (Å²) in [4.78, 5) is 0. The molecule has 1 rings (SSSR count). The zero-order valence-electron chi connectivity index (χ0n) is 11.6. The standard InChI is InChI=1S/C15H24O2/c1-6-17-15(4,5)11-14(2,3)12-7-9-13(16)10-8-12/h7-10,16H,6,11H2,1-5H3. The van der Waals surface area contributed by atoms with Crippen molar-refractivity contribution in [1.29, 1.82) is 0 Å². The summed E-state index contributed by atoms with van der Waals surface area (Å²) in [6.45, 7) is 11.4. The number of ether oxygens (including phenoxy) is 1. The molecule has 0 saturated heterocycles. The summed E-state index contributed by atoms with van der Waals surface area (Å²) in [6, 6.07) is 7.45. The lowest BCUT2D eigenvalue weighted by atomic mass is 9.76. The molecule has 0 saturated carbocycles. The fourth-order valence-electron chi connectivity index (χ4n) is 2.52. The molecule has 1 aromatic rings. The second-order valence-electron chi connectivity index (χ2n) is 5.80. The lowest BCUT2D eigenvalue weighted by molar-refractivity contribution is -0.0289. The number of benzene rings is 1. The number of rotatable bonds is 5. The van der Waals surface area contributed by atoms with E-state index in [2.05, 4.69) is 27.7 Å². The molecule has 0 radical (unpaired) electrons. The van der Waals surface area contributed by atoms with Crippen LogP contribution in [0.15, 0.2) is 24.3 Å². The maximum absolute atomic E-state index is 9.31. The van der Waals surface area contributed by atoms with Gasteiger partial charge in [0.2, 0.25) is 0 Å². The van der Waals surface area contributed by atoms with Crippen molar-refractivity contribution in [1.82, 2.24) is 0 Å². The zero-order chi connectivity index (χ0) is 13.1. The van der Waals surface area contributed by atoms with Crippen molar-refractivity contribution in [2.24, 2.45) is 0 Å². The van der Waals surface area contributed by atoms with E-state index in [-0.39, 0.29) is 11.0 Å². The van der Waals surface area contributed by atoms with Crippen molar-refractivity contribution in [3.8, 4) is 5.75 Å². The molecule has 2 heteroatoms. The maximum atomic E-state index is 9.31. The lowest BCUT2D eigenvalue weighted by Crippen LogP contribution is -2.34. The first-order chi connectivity index (χ1) is 7.77. The van der Waals surface area contributed by atoms with Crippen LogP contribution in [0.25, 0.3) is 0 Å². The van der Waals surface area contributed by atoms with E-state index >= 15 is 0 Å². The van der Waals surface area contributed by atoms with Crippen LogP contribution in [-0.2, 0) is 10.2 Å². The fraction of sp³-hybridized carbons (Fsp3) is 0.600. The van der Waals surface area contributed by atoms with E-state index in [1.165, 1.54) is 5.56 Å². The summed E-state index contributed by atoms with van der Waals surface area (Å²) >= 11 is 0. The van der Waals surface area contributed by atoms with Crippen LogP contribution in [0.3, 0.4) is 0 Å². The van der Waals surface area contributed by atoms with Crippen LogP contribution in [0.2, 0.25) is 0 Å². The van der Waals surface area contributed by atoms with Crippen LogP contribution in [0.4, 0.5) is 0 Å². The number of aromatic hydroxyl groups is 1. The van der Waals surface area contributed by atoms with Gasteiger partial charge in [-0.15, -0.1) is 0 Å². The molecule has 0 unspecified atom stereocenters. The van der Waals surface area contributed by atoms with Crippen molar-refractivity contribution in [3.05, 3.63) is 29.8 Å². The van der Waals surface area contributed by atoms with E-state index in [9.17, 15) is 5.11 Å². The van der Waals surface area contributed by atoms with Gasteiger partial charge in [0, 0.05) is 6.61 Å². The number of phenolic OH excluding ortho intramolecular Hbond substituents is 1. The Bertz CT molecular complexity index is 350. The average Bonchev–Trinajstić information content (AvgIpc) is 2.16. The number of hydrogen-bond donors (Lipinski definition) is 1. The van der Waals surface area contributed by atoms with Gasteiger partial charge in [0.15, 0.2) is 0 Å². The highest BCUT2D eigenvalue weighted by Gasteiger charge is 2.30. The Labute approximate surface area is 105 Å². The monoisotopic (exact) mass is 236 g/mol. The summed E-state index contributed by atoms with van der Waals surface area (Å²) in [5.41, 5.74) is 1.13. The lowest BCUT2D eigenvalue weighted by Gasteiger charge is -2.35.